The molecule has 0 heterocycles. The van der Waals surface area contributed by atoms with Crippen LogP contribution in [0.3, 0.4) is 0 Å². The molecular formula is C28H23NO2. The lowest BCUT2D eigenvalue weighted by Gasteiger charge is -2.14. The van der Waals surface area contributed by atoms with Crippen LogP contribution in [0, 0.1) is 0 Å². The summed E-state index contributed by atoms with van der Waals surface area (Å²) in [7, 11) is 0. The van der Waals surface area contributed by atoms with E-state index in [-0.39, 0.29) is 5.91 Å². The molecule has 0 saturated carbocycles. The highest BCUT2D eigenvalue weighted by atomic mass is 16.2. The Kier molecular flexibility index (Phi) is 6.34. The molecule has 0 aliphatic rings. The second kappa shape index (κ2) is 9.68. The van der Waals surface area contributed by atoms with E-state index in [4.69, 9.17) is 0 Å². The highest BCUT2D eigenvalue weighted by molar-refractivity contribution is 6.00. The molecule has 0 aliphatic heterocycles. The molecule has 152 valence electrons. The van der Waals surface area contributed by atoms with Gasteiger partial charge >= 0.3 is 0 Å². The zero-order valence-electron chi connectivity index (χ0n) is 17.1. The van der Waals surface area contributed by atoms with Gasteiger partial charge in [0.2, 0.25) is 0 Å². The van der Waals surface area contributed by atoms with Crippen LogP contribution >= 0.6 is 0 Å². The summed E-state index contributed by atoms with van der Waals surface area (Å²) >= 11 is 0. The first-order valence-corrected chi connectivity index (χ1v) is 10.3. The van der Waals surface area contributed by atoms with Crippen LogP contribution in [0.5, 0.6) is 0 Å². The largest absolute Gasteiger partial charge is 0.342 e. The van der Waals surface area contributed by atoms with Crippen molar-refractivity contribution in [3.05, 3.63) is 119 Å². The Balaban J connectivity index is 1.52. The molecule has 0 bridgehead atoms. The Morgan fingerprint density at radius 1 is 0.774 bits per heavy atom. The lowest BCUT2D eigenvalue weighted by molar-refractivity contribution is -0.109. The topological polar surface area (TPSA) is 46.2 Å². The predicted octanol–water partition coefficient (Wildman–Crippen LogP) is 5.55. The highest BCUT2D eigenvalue weighted by Gasteiger charge is 2.15. The van der Waals surface area contributed by atoms with E-state index < -0.39 is 6.04 Å². The molecule has 0 spiro atoms. The minimum atomic E-state index is -0.576. The van der Waals surface area contributed by atoms with Gasteiger partial charge in [0.1, 0.15) is 6.29 Å². The quantitative estimate of drug-likeness (QED) is 0.324. The number of hydrogen-bond acceptors (Lipinski definition) is 2. The monoisotopic (exact) mass is 405 g/mol. The van der Waals surface area contributed by atoms with E-state index >= 15 is 0 Å². The summed E-state index contributed by atoms with van der Waals surface area (Å²) in [6.45, 7) is 0. The van der Waals surface area contributed by atoms with Crippen molar-refractivity contribution in [1.29, 1.82) is 0 Å². The summed E-state index contributed by atoms with van der Waals surface area (Å²) in [5, 5.41) is 5.22. The number of carbonyl (C=O) groups is 2. The zero-order valence-corrected chi connectivity index (χ0v) is 17.1. The van der Waals surface area contributed by atoms with Crippen LogP contribution in [-0.4, -0.2) is 18.2 Å². The van der Waals surface area contributed by atoms with Crippen molar-refractivity contribution in [2.75, 3.05) is 0 Å². The number of hydrogen-bond donors (Lipinski definition) is 1. The maximum absolute atomic E-state index is 12.9. The molecule has 4 aromatic rings. The van der Waals surface area contributed by atoms with Crippen molar-refractivity contribution in [3.63, 3.8) is 0 Å². The maximum Gasteiger partial charge on any atom is 0.252 e. The number of benzene rings is 4. The minimum Gasteiger partial charge on any atom is -0.342 e. The molecule has 1 N–H and O–H groups in total. The molecule has 31 heavy (non-hydrogen) atoms. The fourth-order valence-corrected chi connectivity index (χ4v) is 3.59. The first-order chi connectivity index (χ1) is 15.2. The molecule has 1 atom stereocenters. The first kappa shape index (κ1) is 20.3. The van der Waals surface area contributed by atoms with Gasteiger partial charge in [0.25, 0.3) is 5.91 Å². The van der Waals surface area contributed by atoms with Crippen LogP contribution in [-0.2, 0) is 11.2 Å². The normalized spacial score (nSPS) is 12.0. The van der Waals surface area contributed by atoms with E-state index in [1.54, 1.807) is 6.07 Å². The van der Waals surface area contributed by atoms with Gasteiger partial charge in [0, 0.05) is 5.56 Å². The van der Waals surface area contributed by atoms with Gasteiger partial charge in [0.15, 0.2) is 0 Å². The molecule has 0 saturated heterocycles. The molecule has 1 unspecified atom stereocenters. The third-order valence-electron chi connectivity index (χ3n) is 5.21. The van der Waals surface area contributed by atoms with Crippen molar-refractivity contribution in [2.24, 2.45) is 0 Å². The summed E-state index contributed by atoms with van der Waals surface area (Å²) in [5.41, 5.74) is 3.41. The molecular weight excluding hydrogens is 382 g/mol. The zero-order chi connectivity index (χ0) is 21.5. The Labute approximate surface area is 182 Å². The summed E-state index contributed by atoms with van der Waals surface area (Å²) in [4.78, 5) is 24.5. The van der Waals surface area contributed by atoms with Crippen LogP contribution in [0.4, 0.5) is 0 Å². The molecule has 0 fully saturated rings. The van der Waals surface area contributed by atoms with Crippen molar-refractivity contribution >= 4 is 35.1 Å². The molecule has 0 aliphatic carbocycles. The predicted molar refractivity (Wildman–Crippen MR) is 127 cm³/mol. The van der Waals surface area contributed by atoms with Crippen molar-refractivity contribution in [1.82, 2.24) is 5.32 Å². The van der Waals surface area contributed by atoms with E-state index in [1.807, 2.05) is 72.8 Å². The van der Waals surface area contributed by atoms with Gasteiger partial charge in [-0.2, -0.15) is 0 Å². The van der Waals surface area contributed by atoms with Gasteiger partial charge in [-0.3, -0.25) is 4.79 Å². The van der Waals surface area contributed by atoms with E-state index in [2.05, 4.69) is 35.6 Å². The minimum absolute atomic E-state index is 0.258. The molecule has 4 rings (SSSR count). The van der Waals surface area contributed by atoms with Gasteiger partial charge in [-0.25, -0.2) is 0 Å². The van der Waals surface area contributed by atoms with Gasteiger partial charge in [-0.1, -0.05) is 97.1 Å². The molecule has 0 aromatic heterocycles. The Hall–Kier alpha value is -3.98. The fraction of sp³-hybridized carbons (Fsp3) is 0.0714. The molecule has 1 amide bonds. The van der Waals surface area contributed by atoms with Gasteiger partial charge in [-0.15, -0.1) is 0 Å². The average molecular weight is 405 g/mol. The maximum atomic E-state index is 12.9. The van der Waals surface area contributed by atoms with Gasteiger partial charge in [-0.05, 0) is 46.0 Å². The Morgan fingerprint density at radius 3 is 2.29 bits per heavy atom. The first-order valence-electron chi connectivity index (χ1n) is 10.3. The van der Waals surface area contributed by atoms with Crippen LogP contribution in [0.2, 0.25) is 0 Å². The number of amides is 1. The summed E-state index contributed by atoms with van der Waals surface area (Å²) in [6, 6.07) is 31.0. The molecule has 4 aromatic carbocycles. The van der Waals surface area contributed by atoms with Crippen LogP contribution < -0.4 is 5.32 Å². The van der Waals surface area contributed by atoms with Crippen LogP contribution in [0.15, 0.2) is 97.1 Å². The number of carbonyl (C=O) groups excluding carboxylic acids is 2. The van der Waals surface area contributed by atoms with Crippen molar-refractivity contribution in [3.8, 4) is 0 Å². The van der Waals surface area contributed by atoms with Gasteiger partial charge < -0.3 is 10.1 Å². The van der Waals surface area contributed by atoms with Crippen molar-refractivity contribution < 1.29 is 9.59 Å². The van der Waals surface area contributed by atoms with E-state index in [1.165, 1.54) is 10.8 Å². The fourth-order valence-electron chi connectivity index (χ4n) is 3.59. The lowest BCUT2D eigenvalue weighted by Crippen LogP contribution is -2.37. The lowest BCUT2D eigenvalue weighted by atomic mass is 10.0. The smallest absolute Gasteiger partial charge is 0.252 e. The van der Waals surface area contributed by atoms with Crippen LogP contribution in [0.25, 0.3) is 22.9 Å². The van der Waals surface area contributed by atoms with Crippen molar-refractivity contribution in [2.45, 2.75) is 12.5 Å². The summed E-state index contributed by atoms with van der Waals surface area (Å²) in [6.07, 6.45) is 5.19. The molecule has 0 radical (unpaired) electrons. The number of rotatable bonds is 7. The standard InChI is InChI=1S/C28H23NO2/c30-20-26(19-21-8-2-1-3-9-21)29-28(31)27-13-7-6-11-24(27)17-15-22-14-16-23-10-4-5-12-25(23)18-22/h1-18,20,26H,19H2,(H,29,31)/b17-15+. The molecule has 3 heteroatoms. The Morgan fingerprint density at radius 2 is 1.48 bits per heavy atom. The number of fused-ring (bicyclic) bond motifs is 1. The second-order valence-corrected chi connectivity index (χ2v) is 7.43. The van der Waals surface area contributed by atoms with Crippen LogP contribution in [0.1, 0.15) is 27.0 Å². The van der Waals surface area contributed by atoms with E-state index in [9.17, 15) is 9.59 Å². The number of aldehydes is 1. The average Bonchev–Trinajstić information content (AvgIpc) is 2.83. The van der Waals surface area contributed by atoms with E-state index in [0.29, 0.717) is 12.0 Å². The van der Waals surface area contributed by atoms with Gasteiger partial charge in [0.05, 0.1) is 6.04 Å². The third-order valence-corrected chi connectivity index (χ3v) is 5.21. The van der Waals surface area contributed by atoms with E-state index in [0.717, 1.165) is 23.0 Å². The summed E-state index contributed by atoms with van der Waals surface area (Å²) < 4.78 is 0. The Bertz CT molecular complexity index is 1230. The third kappa shape index (κ3) is 5.14. The number of nitrogens with one attached hydrogen (secondary N) is 1. The summed E-state index contributed by atoms with van der Waals surface area (Å²) in [5.74, 6) is -0.258. The highest BCUT2D eigenvalue weighted by Crippen LogP contribution is 2.19. The molecule has 3 nitrogen and oxygen atoms in total. The SMILES string of the molecule is O=CC(Cc1ccccc1)NC(=O)c1ccccc1/C=C/c1ccc2ccccc2c1. The second-order valence-electron chi connectivity index (χ2n) is 7.43.